The fourth-order valence-electron chi connectivity index (χ4n) is 1.90. The molecule has 1 heterocycles. The van der Waals surface area contributed by atoms with Gasteiger partial charge in [-0.3, -0.25) is 4.79 Å². The summed E-state index contributed by atoms with van der Waals surface area (Å²) in [6.45, 7) is 7.91. The molecular formula is C12H20N2O3. The Hall–Kier alpha value is -1.36. The first-order valence-corrected chi connectivity index (χ1v) is 5.69. The van der Waals surface area contributed by atoms with E-state index >= 15 is 0 Å². The lowest BCUT2D eigenvalue weighted by Crippen LogP contribution is -2.38. The maximum absolute atomic E-state index is 12.0. The zero-order chi connectivity index (χ0) is 13.0. The van der Waals surface area contributed by atoms with Gasteiger partial charge in [-0.1, -0.05) is 5.16 Å². The first kappa shape index (κ1) is 13.7. The van der Waals surface area contributed by atoms with Crippen LogP contribution in [0, 0.1) is 13.8 Å². The van der Waals surface area contributed by atoms with Crippen LogP contribution in [0.4, 0.5) is 0 Å². The summed E-state index contributed by atoms with van der Waals surface area (Å²) in [6.07, 6.45) is 0. The highest BCUT2D eigenvalue weighted by Gasteiger charge is 2.23. The second-order valence-corrected chi connectivity index (χ2v) is 4.32. The zero-order valence-electron chi connectivity index (χ0n) is 11.0. The van der Waals surface area contributed by atoms with E-state index < -0.39 is 0 Å². The zero-order valence-corrected chi connectivity index (χ0v) is 11.0. The van der Waals surface area contributed by atoms with Gasteiger partial charge >= 0.3 is 0 Å². The monoisotopic (exact) mass is 240 g/mol. The van der Waals surface area contributed by atoms with E-state index in [-0.39, 0.29) is 17.9 Å². The Bertz CT molecular complexity index is 368. The smallest absolute Gasteiger partial charge is 0.227 e. The molecule has 5 heteroatoms. The molecule has 0 aromatic carbocycles. The standard InChI is InChI=1S/C12H20N2O3/c1-7(6-16-5)13-12(15)8(2)11-9(3)14-17-10(11)4/h7-8H,6H2,1-5H3,(H,13,15)/t7-,8+/m1/s1. The third-order valence-electron chi connectivity index (χ3n) is 2.72. The molecule has 0 bridgehead atoms. The second-order valence-electron chi connectivity index (χ2n) is 4.32. The van der Waals surface area contributed by atoms with E-state index in [4.69, 9.17) is 9.26 Å². The highest BCUT2D eigenvalue weighted by molar-refractivity contribution is 5.83. The summed E-state index contributed by atoms with van der Waals surface area (Å²) in [4.78, 5) is 12.0. The minimum absolute atomic E-state index is 0.00424. The van der Waals surface area contributed by atoms with Crippen molar-refractivity contribution in [2.75, 3.05) is 13.7 Å². The quantitative estimate of drug-likeness (QED) is 0.848. The Balaban J connectivity index is 2.70. The highest BCUT2D eigenvalue weighted by Crippen LogP contribution is 2.23. The second kappa shape index (κ2) is 5.82. The summed E-state index contributed by atoms with van der Waals surface area (Å²) in [7, 11) is 1.61. The van der Waals surface area contributed by atoms with Crippen LogP contribution in [-0.4, -0.2) is 30.8 Å². The van der Waals surface area contributed by atoms with Gasteiger partial charge in [-0.25, -0.2) is 0 Å². The van der Waals surface area contributed by atoms with Crippen molar-refractivity contribution in [1.29, 1.82) is 0 Å². The van der Waals surface area contributed by atoms with Crippen LogP contribution in [0.1, 0.15) is 36.8 Å². The van der Waals surface area contributed by atoms with E-state index in [0.717, 1.165) is 11.3 Å². The van der Waals surface area contributed by atoms with Gasteiger partial charge in [-0.2, -0.15) is 0 Å². The van der Waals surface area contributed by atoms with Crippen molar-refractivity contribution in [3.05, 3.63) is 17.0 Å². The van der Waals surface area contributed by atoms with Crippen molar-refractivity contribution in [3.8, 4) is 0 Å². The molecule has 0 aliphatic heterocycles. The Labute approximate surface area is 102 Å². The minimum Gasteiger partial charge on any atom is -0.383 e. The number of carbonyl (C=O) groups excluding carboxylic acids is 1. The number of ether oxygens (including phenoxy) is 1. The van der Waals surface area contributed by atoms with E-state index in [9.17, 15) is 4.79 Å². The predicted molar refractivity (Wildman–Crippen MR) is 63.9 cm³/mol. The average Bonchev–Trinajstić information content (AvgIpc) is 2.58. The number of hydrogen-bond acceptors (Lipinski definition) is 4. The van der Waals surface area contributed by atoms with E-state index in [2.05, 4.69) is 10.5 Å². The molecule has 17 heavy (non-hydrogen) atoms. The first-order valence-electron chi connectivity index (χ1n) is 5.69. The van der Waals surface area contributed by atoms with Crippen molar-refractivity contribution in [2.45, 2.75) is 39.7 Å². The van der Waals surface area contributed by atoms with Crippen LogP contribution in [0.2, 0.25) is 0 Å². The number of nitrogens with one attached hydrogen (secondary N) is 1. The van der Waals surface area contributed by atoms with E-state index in [1.54, 1.807) is 7.11 Å². The molecule has 1 aromatic heterocycles. The normalized spacial score (nSPS) is 14.4. The van der Waals surface area contributed by atoms with E-state index in [1.165, 1.54) is 0 Å². The van der Waals surface area contributed by atoms with Gasteiger partial charge in [0, 0.05) is 18.7 Å². The SMILES string of the molecule is COC[C@@H](C)NC(=O)[C@@H](C)c1c(C)noc1C. The van der Waals surface area contributed by atoms with E-state index in [0.29, 0.717) is 12.4 Å². The molecule has 0 unspecified atom stereocenters. The van der Waals surface area contributed by atoms with Gasteiger partial charge in [-0.05, 0) is 27.7 Å². The summed E-state index contributed by atoms with van der Waals surface area (Å²) >= 11 is 0. The molecule has 0 saturated carbocycles. The van der Waals surface area contributed by atoms with Crippen LogP contribution in [0.5, 0.6) is 0 Å². The lowest BCUT2D eigenvalue weighted by Gasteiger charge is -2.16. The van der Waals surface area contributed by atoms with Crippen molar-refractivity contribution >= 4 is 5.91 Å². The van der Waals surface area contributed by atoms with Gasteiger partial charge in [-0.15, -0.1) is 0 Å². The van der Waals surface area contributed by atoms with Gasteiger partial charge in [0.05, 0.1) is 18.2 Å². The third kappa shape index (κ3) is 3.30. The molecule has 0 aliphatic rings. The molecule has 0 fully saturated rings. The molecule has 1 rings (SSSR count). The van der Waals surface area contributed by atoms with Crippen LogP contribution in [0.3, 0.4) is 0 Å². The number of amides is 1. The summed E-state index contributed by atoms with van der Waals surface area (Å²) in [5.74, 6) is 0.397. The Morgan fingerprint density at radius 3 is 2.59 bits per heavy atom. The number of carbonyl (C=O) groups is 1. The van der Waals surface area contributed by atoms with Gasteiger partial charge in [0.25, 0.3) is 0 Å². The molecule has 0 saturated heterocycles. The van der Waals surface area contributed by atoms with Crippen LogP contribution in [-0.2, 0) is 9.53 Å². The fourth-order valence-corrected chi connectivity index (χ4v) is 1.90. The van der Waals surface area contributed by atoms with Crippen molar-refractivity contribution in [2.24, 2.45) is 0 Å². The van der Waals surface area contributed by atoms with Gasteiger partial charge in [0.1, 0.15) is 5.76 Å². The molecule has 0 aliphatic carbocycles. The molecule has 0 radical (unpaired) electrons. The number of nitrogens with zero attached hydrogens (tertiary/aromatic N) is 1. The lowest BCUT2D eigenvalue weighted by molar-refractivity contribution is -0.123. The molecule has 0 spiro atoms. The highest BCUT2D eigenvalue weighted by atomic mass is 16.5. The number of rotatable bonds is 5. The number of aromatic nitrogens is 1. The Kier molecular flexibility index (Phi) is 4.69. The fraction of sp³-hybridized carbons (Fsp3) is 0.667. The largest absolute Gasteiger partial charge is 0.383 e. The van der Waals surface area contributed by atoms with Crippen LogP contribution in [0.25, 0.3) is 0 Å². The molecule has 1 N–H and O–H groups in total. The third-order valence-corrected chi connectivity index (χ3v) is 2.72. The molecule has 2 atom stereocenters. The topological polar surface area (TPSA) is 64.4 Å². The molecule has 96 valence electrons. The molecular weight excluding hydrogens is 220 g/mol. The van der Waals surface area contributed by atoms with Crippen LogP contribution >= 0.6 is 0 Å². The van der Waals surface area contributed by atoms with Gasteiger partial charge in [0.2, 0.25) is 5.91 Å². The molecule has 1 amide bonds. The van der Waals surface area contributed by atoms with Crippen molar-refractivity contribution < 1.29 is 14.1 Å². The predicted octanol–water partition coefficient (Wildman–Crippen LogP) is 1.55. The minimum atomic E-state index is -0.263. The summed E-state index contributed by atoms with van der Waals surface area (Å²) in [5, 5.41) is 6.75. The lowest BCUT2D eigenvalue weighted by atomic mass is 9.98. The Morgan fingerprint density at radius 1 is 1.47 bits per heavy atom. The van der Waals surface area contributed by atoms with E-state index in [1.807, 2.05) is 27.7 Å². The Morgan fingerprint density at radius 2 is 2.12 bits per heavy atom. The first-order chi connectivity index (χ1) is 7.97. The van der Waals surface area contributed by atoms with Gasteiger partial charge < -0.3 is 14.6 Å². The number of hydrogen-bond donors (Lipinski definition) is 1. The summed E-state index contributed by atoms with van der Waals surface area (Å²) < 4.78 is 10.0. The molecule has 5 nitrogen and oxygen atoms in total. The summed E-state index contributed by atoms with van der Waals surface area (Å²) in [5.41, 5.74) is 1.64. The summed E-state index contributed by atoms with van der Waals surface area (Å²) in [6, 6.07) is -0.00424. The van der Waals surface area contributed by atoms with Crippen LogP contribution in [0.15, 0.2) is 4.52 Å². The van der Waals surface area contributed by atoms with Crippen LogP contribution < -0.4 is 5.32 Å². The number of aryl methyl sites for hydroxylation is 2. The molecule has 1 aromatic rings. The maximum atomic E-state index is 12.0. The maximum Gasteiger partial charge on any atom is 0.227 e. The van der Waals surface area contributed by atoms with Gasteiger partial charge in [0.15, 0.2) is 0 Å². The van der Waals surface area contributed by atoms with Crippen molar-refractivity contribution in [3.63, 3.8) is 0 Å². The number of methoxy groups -OCH3 is 1. The average molecular weight is 240 g/mol. The van der Waals surface area contributed by atoms with Crippen molar-refractivity contribution in [1.82, 2.24) is 10.5 Å².